The second kappa shape index (κ2) is 9.07. The molecular weight excluding hydrogens is 379 g/mol. The summed E-state index contributed by atoms with van der Waals surface area (Å²) < 4.78 is 0. The topological polar surface area (TPSA) is 35.5 Å². The summed E-state index contributed by atoms with van der Waals surface area (Å²) in [5, 5.41) is 14.3. The Labute approximate surface area is 177 Å². The van der Waals surface area contributed by atoms with E-state index >= 15 is 0 Å². The quantitative estimate of drug-likeness (QED) is 0.554. The van der Waals surface area contributed by atoms with Crippen LogP contribution in [0.4, 0.5) is 17.1 Å². The molecule has 2 aromatic rings. The number of anilines is 3. The molecule has 0 spiro atoms. The van der Waals surface area contributed by atoms with E-state index in [9.17, 15) is 5.11 Å². The molecule has 0 heterocycles. The molecule has 3 nitrogen and oxygen atoms in total. The highest BCUT2D eigenvalue weighted by Gasteiger charge is 2.26. The standard InChI is InChI=1S/C22H32N2O.2ClH/c1-21(2,3)18-13-16(14-19(20(18)25)22(4,5)6)23-15-9-11-17(12-10-15)24(7)8;;/h9-14,23,25H,1-8H3;2*1H. The molecule has 0 amide bonds. The van der Waals surface area contributed by atoms with Gasteiger partial charge in [0.05, 0.1) is 0 Å². The van der Waals surface area contributed by atoms with Crippen molar-refractivity contribution in [3.63, 3.8) is 0 Å². The molecule has 0 fully saturated rings. The van der Waals surface area contributed by atoms with Crippen molar-refractivity contribution in [2.24, 2.45) is 0 Å². The van der Waals surface area contributed by atoms with E-state index in [-0.39, 0.29) is 35.6 Å². The van der Waals surface area contributed by atoms with E-state index < -0.39 is 0 Å². The maximum absolute atomic E-state index is 10.8. The van der Waals surface area contributed by atoms with Crippen molar-refractivity contribution in [1.82, 2.24) is 0 Å². The van der Waals surface area contributed by atoms with Gasteiger partial charge in [0.15, 0.2) is 0 Å². The number of rotatable bonds is 3. The Morgan fingerprint density at radius 2 is 1.15 bits per heavy atom. The molecule has 0 saturated carbocycles. The van der Waals surface area contributed by atoms with Crippen LogP contribution in [0.5, 0.6) is 5.75 Å². The van der Waals surface area contributed by atoms with Crippen LogP contribution in [-0.2, 0) is 10.8 Å². The van der Waals surface area contributed by atoms with Crippen molar-refractivity contribution in [3.8, 4) is 5.75 Å². The summed E-state index contributed by atoms with van der Waals surface area (Å²) >= 11 is 0. The van der Waals surface area contributed by atoms with Crippen LogP contribution >= 0.6 is 24.8 Å². The first-order chi connectivity index (χ1) is 11.4. The Bertz CT molecular complexity index is 707. The molecule has 0 aromatic heterocycles. The molecule has 0 atom stereocenters. The highest BCUT2D eigenvalue weighted by molar-refractivity contribution is 5.85. The zero-order valence-electron chi connectivity index (χ0n) is 17.7. The molecule has 27 heavy (non-hydrogen) atoms. The molecule has 2 rings (SSSR count). The van der Waals surface area contributed by atoms with Gasteiger partial charge in [-0.1, -0.05) is 41.5 Å². The van der Waals surface area contributed by atoms with E-state index in [1.54, 1.807) is 0 Å². The van der Waals surface area contributed by atoms with E-state index in [1.807, 2.05) is 14.1 Å². The molecule has 2 aromatic carbocycles. The zero-order valence-corrected chi connectivity index (χ0v) is 19.3. The summed E-state index contributed by atoms with van der Waals surface area (Å²) in [5.74, 6) is 0.411. The van der Waals surface area contributed by atoms with Gasteiger partial charge >= 0.3 is 0 Å². The summed E-state index contributed by atoms with van der Waals surface area (Å²) in [6, 6.07) is 12.5. The number of phenolic OH excluding ortho intramolecular Hbond substituents is 1. The first-order valence-electron chi connectivity index (χ1n) is 8.82. The number of phenols is 1. The number of nitrogens with zero attached hydrogens (tertiary/aromatic N) is 1. The Hall–Kier alpha value is -1.58. The predicted molar refractivity (Wildman–Crippen MR) is 124 cm³/mol. The fraction of sp³-hybridized carbons (Fsp3) is 0.455. The molecule has 152 valence electrons. The van der Waals surface area contributed by atoms with E-state index in [0.29, 0.717) is 5.75 Å². The van der Waals surface area contributed by atoms with Crippen molar-refractivity contribution in [2.45, 2.75) is 52.4 Å². The van der Waals surface area contributed by atoms with Crippen LogP contribution in [-0.4, -0.2) is 19.2 Å². The van der Waals surface area contributed by atoms with Crippen LogP contribution in [0.3, 0.4) is 0 Å². The molecule has 0 aliphatic heterocycles. The minimum absolute atomic E-state index is 0. The number of halogens is 2. The average Bonchev–Trinajstić information content (AvgIpc) is 2.47. The van der Waals surface area contributed by atoms with Gasteiger partial charge in [-0.2, -0.15) is 0 Å². The average molecular weight is 413 g/mol. The summed E-state index contributed by atoms with van der Waals surface area (Å²) in [7, 11) is 4.07. The molecule has 0 aliphatic carbocycles. The third kappa shape index (κ3) is 6.22. The number of aromatic hydroxyl groups is 1. The van der Waals surface area contributed by atoms with Gasteiger partial charge in [-0.05, 0) is 47.2 Å². The monoisotopic (exact) mass is 412 g/mol. The number of benzene rings is 2. The van der Waals surface area contributed by atoms with E-state index in [0.717, 1.165) is 22.5 Å². The van der Waals surface area contributed by atoms with Gasteiger partial charge in [0.25, 0.3) is 0 Å². The lowest BCUT2D eigenvalue weighted by Crippen LogP contribution is -2.17. The van der Waals surface area contributed by atoms with Crippen molar-refractivity contribution in [2.75, 3.05) is 24.3 Å². The fourth-order valence-corrected chi connectivity index (χ4v) is 2.86. The van der Waals surface area contributed by atoms with Gasteiger partial charge in [-0.25, -0.2) is 0 Å². The van der Waals surface area contributed by atoms with Gasteiger partial charge in [0.1, 0.15) is 5.75 Å². The maximum atomic E-state index is 10.8. The molecule has 2 N–H and O–H groups in total. The summed E-state index contributed by atoms with van der Waals surface area (Å²) in [4.78, 5) is 2.08. The van der Waals surface area contributed by atoms with Gasteiger partial charge in [-0.3, -0.25) is 0 Å². The minimum atomic E-state index is -0.128. The summed E-state index contributed by atoms with van der Waals surface area (Å²) in [6.45, 7) is 12.8. The van der Waals surface area contributed by atoms with Crippen LogP contribution < -0.4 is 10.2 Å². The molecule has 0 radical (unpaired) electrons. The number of hydrogen-bond donors (Lipinski definition) is 2. The molecule has 5 heteroatoms. The van der Waals surface area contributed by atoms with Crippen LogP contribution in [0.15, 0.2) is 36.4 Å². The van der Waals surface area contributed by atoms with Gasteiger partial charge < -0.3 is 15.3 Å². The highest BCUT2D eigenvalue weighted by Crippen LogP contribution is 2.41. The molecule has 0 unspecified atom stereocenters. The molecule has 0 saturated heterocycles. The minimum Gasteiger partial charge on any atom is -0.507 e. The van der Waals surface area contributed by atoms with Gasteiger partial charge in [0.2, 0.25) is 0 Å². The van der Waals surface area contributed by atoms with E-state index in [1.165, 1.54) is 5.69 Å². The van der Waals surface area contributed by atoms with Crippen molar-refractivity contribution in [1.29, 1.82) is 0 Å². The van der Waals surface area contributed by atoms with E-state index in [4.69, 9.17) is 0 Å². The Morgan fingerprint density at radius 1 is 0.741 bits per heavy atom. The van der Waals surface area contributed by atoms with Crippen molar-refractivity contribution in [3.05, 3.63) is 47.5 Å². The molecule has 0 aliphatic rings. The number of nitrogens with one attached hydrogen (secondary N) is 1. The Kier molecular flexibility index (Phi) is 8.54. The molecular formula is C22H34Cl2N2O. The van der Waals surface area contributed by atoms with Gasteiger partial charge in [-0.15, -0.1) is 24.8 Å². The smallest absolute Gasteiger partial charge is 0.123 e. The van der Waals surface area contributed by atoms with Crippen LogP contribution in [0, 0.1) is 0 Å². The van der Waals surface area contributed by atoms with Crippen LogP contribution in [0.1, 0.15) is 52.7 Å². The molecule has 0 bridgehead atoms. The number of hydrogen-bond acceptors (Lipinski definition) is 3. The Morgan fingerprint density at radius 3 is 1.48 bits per heavy atom. The summed E-state index contributed by atoms with van der Waals surface area (Å²) in [5.41, 5.74) is 4.88. The third-order valence-corrected chi connectivity index (χ3v) is 4.40. The maximum Gasteiger partial charge on any atom is 0.123 e. The highest BCUT2D eigenvalue weighted by atomic mass is 35.5. The Balaban J connectivity index is 0.00000338. The lowest BCUT2D eigenvalue weighted by atomic mass is 9.79. The third-order valence-electron chi connectivity index (χ3n) is 4.40. The van der Waals surface area contributed by atoms with Crippen molar-refractivity contribution < 1.29 is 5.11 Å². The normalized spacial score (nSPS) is 11.3. The zero-order chi connectivity index (χ0) is 19.0. The first kappa shape index (κ1) is 25.4. The lowest BCUT2D eigenvalue weighted by Gasteiger charge is -2.28. The lowest BCUT2D eigenvalue weighted by molar-refractivity contribution is 0.423. The fourth-order valence-electron chi connectivity index (χ4n) is 2.86. The van der Waals surface area contributed by atoms with Crippen LogP contribution in [0.2, 0.25) is 0 Å². The van der Waals surface area contributed by atoms with Gasteiger partial charge in [0, 0.05) is 42.3 Å². The summed E-state index contributed by atoms with van der Waals surface area (Å²) in [6.07, 6.45) is 0. The first-order valence-corrected chi connectivity index (χ1v) is 8.82. The largest absolute Gasteiger partial charge is 0.507 e. The second-order valence-electron chi connectivity index (χ2n) is 8.99. The van der Waals surface area contributed by atoms with E-state index in [2.05, 4.69) is 88.2 Å². The van der Waals surface area contributed by atoms with Crippen LogP contribution in [0.25, 0.3) is 0 Å². The van der Waals surface area contributed by atoms with Crippen molar-refractivity contribution >= 4 is 41.9 Å². The SMILES string of the molecule is CN(C)c1ccc(Nc2cc(C(C)(C)C)c(O)c(C(C)(C)C)c2)cc1.Cl.Cl. The second-order valence-corrected chi connectivity index (χ2v) is 8.99. The predicted octanol–water partition coefficient (Wildman–Crippen LogP) is 6.64.